The van der Waals surface area contributed by atoms with Gasteiger partial charge in [0.05, 0.1) is 12.2 Å². The number of hydrogen-bond acceptors (Lipinski definition) is 4. The molecule has 0 aliphatic carbocycles. The smallest absolute Gasteiger partial charge is 0.253 e. The summed E-state index contributed by atoms with van der Waals surface area (Å²) in [6.07, 6.45) is 1.51. The highest BCUT2D eigenvalue weighted by Crippen LogP contribution is 2.14. The zero-order valence-corrected chi connectivity index (χ0v) is 12.1. The van der Waals surface area contributed by atoms with Crippen molar-refractivity contribution in [1.29, 1.82) is 0 Å². The lowest BCUT2D eigenvalue weighted by Gasteiger charge is -2.09. The maximum Gasteiger partial charge on any atom is 0.253 e. The van der Waals surface area contributed by atoms with Crippen LogP contribution in [-0.2, 0) is 13.2 Å². The minimum Gasteiger partial charge on any atom is -0.392 e. The Balaban J connectivity index is 1.77. The van der Waals surface area contributed by atoms with Crippen LogP contribution in [0.25, 0.3) is 11.0 Å². The number of aliphatic hydroxyl groups excluding tert-OH is 1. The molecule has 0 aliphatic rings. The molecule has 6 heteroatoms. The van der Waals surface area contributed by atoms with Gasteiger partial charge in [-0.05, 0) is 24.1 Å². The van der Waals surface area contributed by atoms with E-state index in [-0.39, 0.29) is 12.5 Å². The number of hydrogen-bond donors (Lipinski definition) is 3. The molecule has 0 radical (unpaired) electrons. The fraction of sp³-hybridized carbons (Fsp3) is 0.188. The number of nitrogens with one attached hydrogen (secondary N) is 2. The highest BCUT2D eigenvalue weighted by Gasteiger charge is 2.10. The van der Waals surface area contributed by atoms with Gasteiger partial charge in [0, 0.05) is 23.8 Å². The van der Waals surface area contributed by atoms with E-state index < -0.39 is 0 Å². The zero-order chi connectivity index (χ0) is 15.5. The lowest BCUT2D eigenvalue weighted by atomic mass is 10.1. The summed E-state index contributed by atoms with van der Waals surface area (Å²) in [5.74, 6) is -0.206. The maximum atomic E-state index is 12.3. The molecule has 1 aromatic carbocycles. The average Bonchev–Trinajstić information content (AvgIpc) is 2.93. The Labute approximate surface area is 127 Å². The van der Waals surface area contributed by atoms with Crippen molar-refractivity contribution in [3.05, 3.63) is 58.9 Å². The highest BCUT2D eigenvalue weighted by atomic mass is 16.3. The second-order valence-corrected chi connectivity index (χ2v) is 5.05. The van der Waals surface area contributed by atoms with Gasteiger partial charge in [0.15, 0.2) is 5.65 Å². The van der Waals surface area contributed by atoms with Crippen LogP contribution in [0.15, 0.2) is 36.5 Å². The molecule has 0 unspecified atom stereocenters. The predicted molar refractivity (Wildman–Crippen MR) is 82.2 cm³/mol. The Morgan fingerprint density at radius 1 is 1.32 bits per heavy atom. The third-order valence-corrected chi connectivity index (χ3v) is 3.59. The number of pyridine rings is 1. The second kappa shape index (κ2) is 5.95. The summed E-state index contributed by atoms with van der Waals surface area (Å²) >= 11 is 0. The van der Waals surface area contributed by atoms with E-state index in [2.05, 4.69) is 20.5 Å². The van der Waals surface area contributed by atoms with E-state index in [1.807, 2.05) is 31.2 Å². The summed E-state index contributed by atoms with van der Waals surface area (Å²) in [6.45, 7) is 2.20. The van der Waals surface area contributed by atoms with Gasteiger partial charge in [-0.3, -0.25) is 9.89 Å². The number of H-pyrrole nitrogens is 1. The van der Waals surface area contributed by atoms with E-state index in [4.69, 9.17) is 0 Å². The van der Waals surface area contributed by atoms with Gasteiger partial charge in [0.25, 0.3) is 5.91 Å². The first-order chi connectivity index (χ1) is 10.7. The van der Waals surface area contributed by atoms with Crippen LogP contribution in [-0.4, -0.2) is 26.2 Å². The Kier molecular flexibility index (Phi) is 3.84. The lowest BCUT2D eigenvalue weighted by Crippen LogP contribution is -2.23. The minimum atomic E-state index is -0.206. The number of aromatic nitrogens is 3. The van der Waals surface area contributed by atoms with Crippen molar-refractivity contribution in [2.75, 3.05) is 0 Å². The molecule has 6 nitrogen and oxygen atoms in total. The van der Waals surface area contributed by atoms with Crippen LogP contribution in [0.3, 0.4) is 0 Å². The van der Waals surface area contributed by atoms with Gasteiger partial charge in [-0.2, -0.15) is 5.10 Å². The SMILES string of the molecule is Cc1[nH]nc2ncc(C(=O)NCc3ccccc3CO)cc12. The molecule has 1 amide bonds. The van der Waals surface area contributed by atoms with E-state index >= 15 is 0 Å². The number of nitrogens with zero attached hydrogens (tertiary/aromatic N) is 2. The van der Waals surface area contributed by atoms with Crippen LogP contribution in [0.5, 0.6) is 0 Å². The first-order valence-corrected chi connectivity index (χ1v) is 6.95. The molecule has 0 saturated carbocycles. The Bertz CT molecular complexity index is 826. The summed E-state index contributed by atoms with van der Waals surface area (Å²) in [5, 5.41) is 19.9. The summed E-state index contributed by atoms with van der Waals surface area (Å²) in [6, 6.07) is 9.23. The fourth-order valence-corrected chi connectivity index (χ4v) is 2.31. The predicted octanol–water partition coefficient (Wildman–Crippen LogP) is 1.69. The number of carbonyl (C=O) groups is 1. The van der Waals surface area contributed by atoms with Gasteiger partial charge in [-0.1, -0.05) is 24.3 Å². The first-order valence-electron chi connectivity index (χ1n) is 6.95. The monoisotopic (exact) mass is 296 g/mol. The van der Waals surface area contributed by atoms with E-state index in [1.165, 1.54) is 6.20 Å². The van der Waals surface area contributed by atoms with E-state index in [1.54, 1.807) is 6.07 Å². The van der Waals surface area contributed by atoms with Crippen LogP contribution in [0.2, 0.25) is 0 Å². The molecular weight excluding hydrogens is 280 g/mol. The van der Waals surface area contributed by atoms with Crippen molar-refractivity contribution in [3.8, 4) is 0 Å². The Morgan fingerprint density at radius 3 is 2.86 bits per heavy atom. The van der Waals surface area contributed by atoms with Crippen molar-refractivity contribution in [1.82, 2.24) is 20.5 Å². The molecule has 112 valence electrons. The number of benzene rings is 1. The number of aryl methyl sites for hydroxylation is 1. The number of amides is 1. The van der Waals surface area contributed by atoms with Gasteiger partial charge in [-0.25, -0.2) is 4.98 Å². The fourth-order valence-electron chi connectivity index (χ4n) is 2.31. The van der Waals surface area contributed by atoms with Gasteiger partial charge < -0.3 is 10.4 Å². The van der Waals surface area contributed by atoms with E-state index in [9.17, 15) is 9.90 Å². The van der Waals surface area contributed by atoms with Crippen molar-refractivity contribution in [2.24, 2.45) is 0 Å². The van der Waals surface area contributed by atoms with Crippen LogP contribution >= 0.6 is 0 Å². The quantitative estimate of drug-likeness (QED) is 0.683. The Morgan fingerprint density at radius 2 is 2.09 bits per heavy atom. The minimum absolute atomic E-state index is 0.0478. The van der Waals surface area contributed by atoms with E-state index in [0.717, 1.165) is 22.2 Å². The molecular formula is C16H16N4O2. The van der Waals surface area contributed by atoms with Gasteiger partial charge in [0.2, 0.25) is 0 Å². The van der Waals surface area contributed by atoms with Crippen molar-refractivity contribution >= 4 is 16.9 Å². The van der Waals surface area contributed by atoms with Gasteiger partial charge in [0.1, 0.15) is 0 Å². The van der Waals surface area contributed by atoms with E-state index in [0.29, 0.717) is 17.8 Å². The Hall–Kier alpha value is -2.73. The van der Waals surface area contributed by atoms with Crippen molar-refractivity contribution < 1.29 is 9.90 Å². The highest BCUT2D eigenvalue weighted by molar-refractivity contribution is 5.97. The topological polar surface area (TPSA) is 90.9 Å². The molecule has 0 atom stereocenters. The summed E-state index contributed by atoms with van der Waals surface area (Å²) in [7, 11) is 0. The largest absolute Gasteiger partial charge is 0.392 e. The third kappa shape index (κ3) is 2.68. The third-order valence-electron chi connectivity index (χ3n) is 3.59. The number of carbonyl (C=O) groups excluding carboxylic acids is 1. The van der Waals surface area contributed by atoms with Crippen molar-refractivity contribution in [3.63, 3.8) is 0 Å². The molecule has 2 aromatic heterocycles. The lowest BCUT2D eigenvalue weighted by molar-refractivity contribution is 0.0950. The zero-order valence-electron chi connectivity index (χ0n) is 12.1. The molecule has 0 aliphatic heterocycles. The normalized spacial score (nSPS) is 10.8. The standard InChI is InChI=1S/C16H16N4O2/c1-10-14-6-13(8-17-15(14)20-19-10)16(22)18-7-11-4-2-3-5-12(11)9-21/h2-6,8,21H,7,9H2,1H3,(H,18,22)(H,17,19,20). The number of fused-ring (bicyclic) bond motifs is 1. The molecule has 3 rings (SSSR count). The maximum absolute atomic E-state index is 12.3. The van der Waals surface area contributed by atoms with Crippen molar-refractivity contribution in [2.45, 2.75) is 20.1 Å². The summed E-state index contributed by atoms with van der Waals surface area (Å²) < 4.78 is 0. The van der Waals surface area contributed by atoms with Crippen LogP contribution in [0.4, 0.5) is 0 Å². The molecule has 0 saturated heterocycles. The van der Waals surface area contributed by atoms with Crippen LogP contribution in [0, 0.1) is 6.92 Å². The van der Waals surface area contributed by atoms with Crippen LogP contribution < -0.4 is 5.32 Å². The molecule has 0 fully saturated rings. The number of aromatic amines is 1. The van der Waals surface area contributed by atoms with Crippen LogP contribution in [0.1, 0.15) is 27.2 Å². The molecule has 3 aromatic rings. The average molecular weight is 296 g/mol. The molecule has 0 spiro atoms. The molecule has 22 heavy (non-hydrogen) atoms. The molecule has 2 heterocycles. The molecule has 0 bridgehead atoms. The number of rotatable bonds is 4. The number of aliphatic hydroxyl groups is 1. The molecule has 3 N–H and O–H groups in total. The second-order valence-electron chi connectivity index (χ2n) is 5.05. The summed E-state index contributed by atoms with van der Waals surface area (Å²) in [4.78, 5) is 16.4. The first kappa shape index (κ1) is 14.2. The summed E-state index contributed by atoms with van der Waals surface area (Å²) in [5.41, 5.74) is 3.66. The van der Waals surface area contributed by atoms with Gasteiger partial charge in [-0.15, -0.1) is 0 Å². The van der Waals surface area contributed by atoms with Gasteiger partial charge >= 0.3 is 0 Å².